The molecule has 0 radical (unpaired) electrons. The van der Waals surface area contributed by atoms with Gasteiger partial charge in [-0.25, -0.2) is 9.18 Å². The highest BCUT2D eigenvalue weighted by molar-refractivity contribution is 6.30. The average Bonchev–Trinajstić information content (AvgIpc) is 2.80. The van der Waals surface area contributed by atoms with Crippen molar-refractivity contribution in [1.29, 1.82) is 0 Å². The van der Waals surface area contributed by atoms with Crippen molar-refractivity contribution in [2.75, 3.05) is 11.9 Å². The van der Waals surface area contributed by atoms with Gasteiger partial charge in [-0.2, -0.15) is 5.10 Å². The number of aromatic nitrogens is 2. The number of carbonyl (C=O) groups is 2. The number of anilines is 1. The summed E-state index contributed by atoms with van der Waals surface area (Å²) in [6.07, 6.45) is 2.55. The van der Waals surface area contributed by atoms with Crippen LogP contribution in [-0.2, 0) is 21.4 Å². The molecule has 132 valence electrons. The van der Waals surface area contributed by atoms with E-state index in [1.54, 1.807) is 18.7 Å². The fourth-order valence-electron chi connectivity index (χ4n) is 2.10. The van der Waals surface area contributed by atoms with E-state index in [0.29, 0.717) is 16.9 Å². The van der Waals surface area contributed by atoms with E-state index in [2.05, 4.69) is 10.4 Å². The summed E-state index contributed by atoms with van der Waals surface area (Å²) in [6, 6.07) is 4.03. The summed E-state index contributed by atoms with van der Waals surface area (Å²) in [6.45, 7) is 3.16. The number of carbonyl (C=O) groups excluding carboxylic acids is 2. The molecule has 0 aliphatic heterocycles. The molecule has 0 aliphatic rings. The van der Waals surface area contributed by atoms with Gasteiger partial charge in [0.2, 0.25) is 0 Å². The van der Waals surface area contributed by atoms with Crippen molar-refractivity contribution in [1.82, 2.24) is 9.78 Å². The van der Waals surface area contributed by atoms with Gasteiger partial charge in [0.1, 0.15) is 5.82 Å². The van der Waals surface area contributed by atoms with Crippen LogP contribution in [0.15, 0.2) is 24.3 Å². The molecule has 25 heavy (non-hydrogen) atoms. The number of aryl methyl sites for hydroxylation is 2. The first-order valence-corrected chi connectivity index (χ1v) is 7.75. The van der Waals surface area contributed by atoms with E-state index in [4.69, 9.17) is 16.3 Å². The van der Waals surface area contributed by atoms with Gasteiger partial charge in [0.25, 0.3) is 5.91 Å². The second-order valence-electron chi connectivity index (χ2n) is 5.33. The second-order valence-corrected chi connectivity index (χ2v) is 5.74. The Morgan fingerprint density at radius 3 is 2.72 bits per heavy atom. The smallest absolute Gasteiger partial charge is 0.331 e. The Labute approximate surface area is 149 Å². The Bertz CT molecular complexity index is 846. The number of hydrogen-bond acceptors (Lipinski definition) is 4. The SMILES string of the molecule is Cc1nn(C)c(C)c1NC(=O)COC(=O)/C=C/c1ccc(F)c(Cl)c1. The number of esters is 1. The number of nitrogens with one attached hydrogen (secondary N) is 1. The summed E-state index contributed by atoms with van der Waals surface area (Å²) < 4.78 is 19.6. The first-order valence-electron chi connectivity index (χ1n) is 7.38. The third-order valence-electron chi connectivity index (χ3n) is 3.47. The molecule has 1 heterocycles. The van der Waals surface area contributed by atoms with E-state index in [-0.39, 0.29) is 5.02 Å². The molecule has 0 saturated carbocycles. The Morgan fingerprint density at radius 1 is 1.40 bits per heavy atom. The van der Waals surface area contributed by atoms with Gasteiger partial charge in [-0.05, 0) is 37.6 Å². The van der Waals surface area contributed by atoms with E-state index < -0.39 is 24.3 Å². The fourth-order valence-corrected chi connectivity index (χ4v) is 2.28. The van der Waals surface area contributed by atoms with Gasteiger partial charge < -0.3 is 10.1 Å². The summed E-state index contributed by atoms with van der Waals surface area (Å²) in [5.41, 5.74) is 2.60. The minimum atomic E-state index is -0.699. The molecule has 2 rings (SSSR count). The lowest BCUT2D eigenvalue weighted by Crippen LogP contribution is -2.20. The molecular formula is C17H17ClFN3O3. The molecule has 8 heteroatoms. The van der Waals surface area contributed by atoms with Crippen molar-refractivity contribution in [3.63, 3.8) is 0 Å². The highest BCUT2D eigenvalue weighted by atomic mass is 35.5. The molecule has 1 N–H and O–H groups in total. The number of hydrogen-bond donors (Lipinski definition) is 1. The zero-order chi connectivity index (χ0) is 18.6. The first kappa shape index (κ1) is 18.7. The Morgan fingerprint density at radius 2 is 2.12 bits per heavy atom. The van der Waals surface area contributed by atoms with Crippen molar-refractivity contribution in [3.8, 4) is 0 Å². The van der Waals surface area contributed by atoms with E-state index in [1.807, 2.05) is 6.92 Å². The van der Waals surface area contributed by atoms with Crippen LogP contribution in [0.2, 0.25) is 5.02 Å². The first-order chi connectivity index (χ1) is 11.8. The van der Waals surface area contributed by atoms with Crippen molar-refractivity contribution in [2.45, 2.75) is 13.8 Å². The molecule has 6 nitrogen and oxygen atoms in total. The maximum atomic E-state index is 13.0. The lowest BCUT2D eigenvalue weighted by Gasteiger charge is -2.05. The van der Waals surface area contributed by atoms with E-state index in [9.17, 15) is 14.0 Å². The minimum absolute atomic E-state index is 0.0443. The topological polar surface area (TPSA) is 73.2 Å². The Kier molecular flexibility index (Phi) is 5.93. The standard InChI is InChI=1S/C17H17ClFN3O3/c1-10-17(11(2)22(3)21-10)20-15(23)9-25-16(24)7-5-12-4-6-14(19)13(18)8-12/h4-8H,9H2,1-3H3,(H,20,23)/b7-5+. The normalized spacial score (nSPS) is 10.9. The largest absolute Gasteiger partial charge is 0.452 e. The molecular weight excluding hydrogens is 349 g/mol. The average molecular weight is 366 g/mol. The van der Waals surface area contributed by atoms with E-state index in [1.165, 1.54) is 24.3 Å². The van der Waals surface area contributed by atoms with Crippen LogP contribution >= 0.6 is 11.6 Å². The molecule has 1 aromatic carbocycles. The predicted octanol–water partition coefficient (Wildman–Crippen LogP) is 3.02. The summed E-state index contributed by atoms with van der Waals surface area (Å²) in [5.74, 6) is -1.71. The van der Waals surface area contributed by atoms with Gasteiger partial charge >= 0.3 is 5.97 Å². The number of nitrogens with zero attached hydrogens (tertiary/aromatic N) is 2. The van der Waals surface area contributed by atoms with Gasteiger partial charge in [0, 0.05) is 13.1 Å². The van der Waals surface area contributed by atoms with Crippen molar-refractivity contribution in [3.05, 3.63) is 52.1 Å². The number of halogens is 2. The van der Waals surface area contributed by atoms with Crippen LogP contribution in [-0.4, -0.2) is 28.3 Å². The predicted molar refractivity (Wildman–Crippen MR) is 92.7 cm³/mol. The quantitative estimate of drug-likeness (QED) is 0.653. The van der Waals surface area contributed by atoms with Crippen LogP contribution in [0.5, 0.6) is 0 Å². The van der Waals surface area contributed by atoms with Crippen LogP contribution < -0.4 is 5.32 Å². The molecule has 1 aromatic heterocycles. The van der Waals surface area contributed by atoms with Crippen LogP contribution in [0.25, 0.3) is 6.08 Å². The van der Waals surface area contributed by atoms with Crippen molar-refractivity contribution in [2.24, 2.45) is 7.05 Å². The number of amides is 1. The summed E-state index contributed by atoms with van der Waals surface area (Å²) in [5, 5.41) is 6.80. The summed E-state index contributed by atoms with van der Waals surface area (Å²) in [4.78, 5) is 23.5. The fraction of sp³-hybridized carbons (Fsp3) is 0.235. The van der Waals surface area contributed by atoms with Crippen LogP contribution in [0.3, 0.4) is 0 Å². The zero-order valence-corrected chi connectivity index (χ0v) is 14.7. The van der Waals surface area contributed by atoms with Crippen molar-refractivity contribution >= 4 is 35.2 Å². The molecule has 0 bridgehead atoms. The van der Waals surface area contributed by atoms with Crippen LogP contribution in [0.4, 0.5) is 10.1 Å². The maximum absolute atomic E-state index is 13.0. The highest BCUT2D eigenvalue weighted by Crippen LogP contribution is 2.18. The third kappa shape index (κ3) is 4.90. The molecule has 0 saturated heterocycles. The minimum Gasteiger partial charge on any atom is -0.452 e. The highest BCUT2D eigenvalue weighted by Gasteiger charge is 2.13. The summed E-state index contributed by atoms with van der Waals surface area (Å²) >= 11 is 5.65. The number of ether oxygens (including phenoxy) is 1. The van der Waals surface area contributed by atoms with Crippen molar-refractivity contribution < 1.29 is 18.7 Å². The van der Waals surface area contributed by atoms with Gasteiger partial charge in [-0.3, -0.25) is 9.48 Å². The van der Waals surface area contributed by atoms with Gasteiger partial charge in [0.05, 0.1) is 22.1 Å². The third-order valence-corrected chi connectivity index (χ3v) is 3.76. The van der Waals surface area contributed by atoms with Crippen LogP contribution in [0, 0.1) is 19.7 Å². The molecule has 0 aliphatic carbocycles. The number of rotatable bonds is 5. The maximum Gasteiger partial charge on any atom is 0.331 e. The monoisotopic (exact) mass is 365 g/mol. The van der Waals surface area contributed by atoms with Crippen LogP contribution in [0.1, 0.15) is 17.0 Å². The molecule has 0 atom stereocenters. The van der Waals surface area contributed by atoms with E-state index >= 15 is 0 Å². The Hall–Kier alpha value is -2.67. The van der Waals surface area contributed by atoms with Gasteiger partial charge in [-0.15, -0.1) is 0 Å². The molecule has 0 spiro atoms. The summed E-state index contributed by atoms with van der Waals surface area (Å²) in [7, 11) is 1.77. The van der Waals surface area contributed by atoms with Gasteiger partial charge in [0.15, 0.2) is 6.61 Å². The Balaban J connectivity index is 1.87. The lowest BCUT2D eigenvalue weighted by molar-refractivity contribution is -0.142. The molecule has 2 aromatic rings. The molecule has 0 unspecified atom stereocenters. The zero-order valence-electron chi connectivity index (χ0n) is 14.0. The molecule has 0 fully saturated rings. The van der Waals surface area contributed by atoms with E-state index in [0.717, 1.165) is 11.8 Å². The number of benzene rings is 1. The lowest BCUT2D eigenvalue weighted by atomic mass is 10.2. The second kappa shape index (κ2) is 7.94. The van der Waals surface area contributed by atoms with Gasteiger partial charge in [-0.1, -0.05) is 17.7 Å². The molecule has 1 amide bonds.